The Kier molecular flexibility index (Phi) is 10.9. The molecular formula is C26H21Br3N10. The van der Waals surface area contributed by atoms with Crippen LogP contribution in [0, 0.1) is 0 Å². The molecule has 0 atom stereocenters. The average Bonchev–Trinajstić information content (AvgIpc) is 3.69. The van der Waals surface area contributed by atoms with Crippen LogP contribution in [-0.4, -0.2) is 50.8 Å². The Morgan fingerprint density at radius 3 is 1.67 bits per heavy atom. The Morgan fingerprint density at radius 1 is 0.641 bits per heavy atom. The van der Waals surface area contributed by atoms with E-state index in [4.69, 9.17) is 0 Å². The van der Waals surface area contributed by atoms with Gasteiger partial charge in [0.05, 0.1) is 6.54 Å². The summed E-state index contributed by atoms with van der Waals surface area (Å²) in [6, 6.07) is 23.4. The fourth-order valence-electron chi connectivity index (χ4n) is 3.03. The first-order chi connectivity index (χ1) is 19.1. The highest BCUT2D eigenvalue weighted by molar-refractivity contribution is 9.10. The van der Waals surface area contributed by atoms with Crippen molar-refractivity contribution in [2.24, 2.45) is 0 Å². The minimum atomic E-state index is 0.589. The molecule has 10 nitrogen and oxygen atoms in total. The molecule has 2 aromatic carbocycles. The van der Waals surface area contributed by atoms with Gasteiger partial charge in [-0.25, -0.2) is 0 Å². The van der Waals surface area contributed by atoms with Crippen molar-refractivity contribution in [3.8, 4) is 22.8 Å². The number of H-pyrrole nitrogens is 1. The van der Waals surface area contributed by atoms with Crippen molar-refractivity contribution in [2.75, 3.05) is 0 Å². The van der Waals surface area contributed by atoms with Gasteiger partial charge in [-0.3, -0.25) is 9.97 Å². The minimum Gasteiger partial charge on any atom is -0.265 e. The fourth-order valence-corrected chi connectivity index (χ4v) is 3.93. The number of nitrogens with one attached hydrogen (secondary N) is 1. The lowest BCUT2D eigenvalue weighted by Crippen LogP contribution is -2.03. The molecule has 0 spiro atoms. The summed E-state index contributed by atoms with van der Waals surface area (Å²) in [7, 11) is 0. The maximum Gasteiger partial charge on any atom is 0.204 e. The van der Waals surface area contributed by atoms with Crippen molar-refractivity contribution in [2.45, 2.75) is 11.9 Å². The number of tetrazole rings is 2. The molecule has 0 bridgehead atoms. The van der Waals surface area contributed by atoms with E-state index in [1.54, 1.807) is 29.6 Å². The normalized spacial score (nSPS) is 10.1. The van der Waals surface area contributed by atoms with Gasteiger partial charge in [0, 0.05) is 50.2 Å². The van der Waals surface area contributed by atoms with Crippen molar-refractivity contribution < 1.29 is 0 Å². The number of pyridine rings is 2. The molecule has 13 heteroatoms. The topological polar surface area (TPSA) is 124 Å². The van der Waals surface area contributed by atoms with Crippen molar-refractivity contribution in [1.29, 1.82) is 0 Å². The minimum absolute atomic E-state index is 0.589. The van der Waals surface area contributed by atoms with Crippen LogP contribution >= 0.6 is 47.8 Å². The molecule has 0 aliphatic carbocycles. The molecule has 0 radical (unpaired) electrons. The van der Waals surface area contributed by atoms with E-state index in [-0.39, 0.29) is 0 Å². The molecule has 4 aromatic heterocycles. The summed E-state index contributed by atoms with van der Waals surface area (Å²) in [6.07, 6.45) is 7.08. The Balaban J connectivity index is 0.000000150. The van der Waals surface area contributed by atoms with Gasteiger partial charge in [-0.2, -0.15) is 10.0 Å². The quantitative estimate of drug-likeness (QED) is 0.211. The molecule has 196 valence electrons. The molecule has 0 fully saturated rings. The van der Waals surface area contributed by atoms with E-state index in [1.165, 1.54) is 5.56 Å². The molecule has 0 unspecified atom stereocenters. The molecule has 1 N–H and O–H groups in total. The second-order valence-corrected chi connectivity index (χ2v) is 10.1. The Labute approximate surface area is 249 Å². The molecule has 0 saturated heterocycles. The number of nitrogens with zero attached hydrogens (tertiary/aromatic N) is 9. The number of aromatic amines is 1. The average molecular weight is 713 g/mol. The van der Waals surface area contributed by atoms with Crippen LogP contribution in [0.15, 0.2) is 107 Å². The lowest BCUT2D eigenvalue weighted by Gasteiger charge is -1.98. The first-order valence-corrected chi connectivity index (χ1v) is 14.2. The summed E-state index contributed by atoms with van der Waals surface area (Å²) >= 11 is 10.1. The SMILES string of the molecule is BrCc1ccncc1.Brc1ccc(-c2nn[nH]n2)cc1.Brc1ccc(-c2nnn(Cc3ccncc3)n2)cc1. The van der Waals surface area contributed by atoms with Crippen LogP contribution in [0.1, 0.15) is 11.1 Å². The van der Waals surface area contributed by atoms with Gasteiger partial charge in [-0.15, -0.1) is 20.4 Å². The maximum atomic E-state index is 4.36. The molecule has 0 amide bonds. The van der Waals surface area contributed by atoms with Crippen LogP contribution in [0.3, 0.4) is 0 Å². The standard InChI is InChI=1S/C13H10BrN5.C7H5BrN4.C6H6BrN/c14-12-3-1-11(2-4-12)13-16-18-19(17-13)9-10-5-7-15-8-6-10;8-6-3-1-5(2-4-6)7-9-11-12-10-7;7-5-6-1-3-8-4-2-6/h1-8H,9H2;1-4H,(H,9,10,11,12);1-4H,5H2. The molecule has 6 rings (SSSR count). The largest absolute Gasteiger partial charge is 0.265 e. The molecule has 0 aliphatic rings. The predicted molar refractivity (Wildman–Crippen MR) is 158 cm³/mol. The maximum absolute atomic E-state index is 4.36. The van der Waals surface area contributed by atoms with Gasteiger partial charge in [0.1, 0.15) is 0 Å². The van der Waals surface area contributed by atoms with E-state index < -0.39 is 0 Å². The molecule has 39 heavy (non-hydrogen) atoms. The van der Waals surface area contributed by atoms with E-state index in [0.29, 0.717) is 18.2 Å². The Hall–Kier alpha value is -3.68. The first-order valence-electron chi connectivity index (χ1n) is 11.5. The highest BCUT2D eigenvalue weighted by Crippen LogP contribution is 2.18. The van der Waals surface area contributed by atoms with Gasteiger partial charge in [0.2, 0.25) is 11.6 Å². The van der Waals surface area contributed by atoms with Gasteiger partial charge >= 0.3 is 0 Å². The predicted octanol–water partition coefficient (Wildman–Crippen LogP) is 6.15. The van der Waals surface area contributed by atoms with Crippen LogP contribution in [0.2, 0.25) is 0 Å². The third kappa shape index (κ3) is 9.23. The summed E-state index contributed by atoms with van der Waals surface area (Å²) in [5.41, 5.74) is 4.26. The molecular weight excluding hydrogens is 692 g/mol. The van der Waals surface area contributed by atoms with Crippen LogP contribution in [-0.2, 0) is 11.9 Å². The zero-order chi connectivity index (χ0) is 27.3. The van der Waals surface area contributed by atoms with E-state index in [0.717, 1.165) is 31.0 Å². The van der Waals surface area contributed by atoms with Crippen molar-refractivity contribution >= 4 is 47.8 Å². The van der Waals surface area contributed by atoms with Crippen LogP contribution in [0.5, 0.6) is 0 Å². The van der Waals surface area contributed by atoms with Gasteiger partial charge in [-0.1, -0.05) is 47.8 Å². The van der Waals surface area contributed by atoms with Crippen LogP contribution in [0.4, 0.5) is 0 Å². The summed E-state index contributed by atoms with van der Waals surface area (Å²) in [4.78, 5) is 9.43. The molecule has 0 saturated carbocycles. The van der Waals surface area contributed by atoms with E-state index in [2.05, 4.69) is 93.8 Å². The number of alkyl halides is 1. The summed E-state index contributed by atoms with van der Waals surface area (Å²) in [5, 5.41) is 27.0. The van der Waals surface area contributed by atoms with E-state index >= 15 is 0 Å². The zero-order valence-corrected chi connectivity index (χ0v) is 25.1. The highest BCUT2D eigenvalue weighted by Gasteiger charge is 2.06. The first kappa shape index (κ1) is 28.3. The fraction of sp³-hybridized carbons (Fsp3) is 0.0769. The monoisotopic (exact) mass is 710 g/mol. The lowest BCUT2D eigenvalue weighted by atomic mass is 10.2. The van der Waals surface area contributed by atoms with Crippen molar-refractivity contribution in [3.05, 3.63) is 118 Å². The second kappa shape index (κ2) is 15.0. The Morgan fingerprint density at radius 2 is 1.18 bits per heavy atom. The third-order valence-electron chi connectivity index (χ3n) is 4.98. The van der Waals surface area contributed by atoms with Crippen LogP contribution < -0.4 is 0 Å². The number of halogens is 3. The zero-order valence-electron chi connectivity index (χ0n) is 20.3. The number of rotatable bonds is 5. The van der Waals surface area contributed by atoms with Gasteiger partial charge in [-0.05, 0) is 94.4 Å². The second-order valence-electron chi connectivity index (χ2n) is 7.74. The van der Waals surface area contributed by atoms with Crippen LogP contribution in [0.25, 0.3) is 22.8 Å². The number of hydrogen-bond acceptors (Lipinski definition) is 8. The van der Waals surface area contributed by atoms with Crippen molar-refractivity contribution in [1.82, 2.24) is 50.8 Å². The Bertz CT molecular complexity index is 1510. The van der Waals surface area contributed by atoms with E-state index in [9.17, 15) is 0 Å². The summed E-state index contributed by atoms with van der Waals surface area (Å²) in [6.45, 7) is 0.589. The number of hydrogen-bond donors (Lipinski definition) is 1. The summed E-state index contributed by atoms with van der Waals surface area (Å²) < 4.78 is 2.06. The van der Waals surface area contributed by atoms with Gasteiger partial charge in [0.25, 0.3) is 0 Å². The smallest absolute Gasteiger partial charge is 0.204 e. The number of benzene rings is 2. The molecule has 4 heterocycles. The third-order valence-corrected chi connectivity index (χ3v) is 6.68. The lowest BCUT2D eigenvalue weighted by molar-refractivity contribution is 0.572. The highest BCUT2D eigenvalue weighted by atomic mass is 79.9. The van der Waals surface area contributed by atoms with Gasteiger partial charge < -0.3 is 0 Å². The molecule has 0 aliphatic heterocycles. The van der Waals surface area contributed by atoms with E-state index in [1.807, 2.05) is 72.8 Å². The van der Waals surface area contributed by atoms with Gasteiger partial charge in [0.15, 0.2) is 0 Å². The van der Waals surface area contributed by atoms with Crippen molar-refractivity contribution in [3.63, 3.8) is 0 Å². The molecule has 6 aromatic rings. The number of aromatic nitrogens is 10. The summed E-state index contributed by atoms with van der Waals surface area (Å²) in [5.74, 6) is 1.24.